The Morgan fingerprint density at radius 3 is 1.36 bits per heavy atom. The van der Waals surface area contributed by atoms with Crippen molar-refractivity contribution in [3.8, 4) is 0 Å². The summed E-state index contributed by atoms with van der Waals surface area (Å²) < 4.78 is 5.84. The van der Waals surface area contributed by atoms with Gasteiger partial charge in [0.05, 0.1) is 22.5 Å². The molecule has 1 aromatic heterocycles. The Kier molecular flexibility index (Phi) is 9.01. The van der Waals surface area contributed by atoms with E-state index in [1.54, 1.807) is 0 Å². The zero-order valence-corrected chi connectivity index (χ0v) is 17.2. The third kappa shape index (κ3) is 9.68. The molecule has 0 unspecified atom stereocenters. The van der Waals surface area contributed by atoms with Gasteiger partial charge >= 0.3 is 33.3 Å². The van der Waals surface area contributed by atoms with Crippen molar-refractivity contribution in [2.75, 3.05) is 0 Å². The molecule has 0 aliphatic carbocycles. The number of rotatable bonds is 2. The van der Waals surface area contributed by atoms with Crippen LogP contribution in [-0.2, 0) is 13.1 Å². The van der Waals surface area contributed by atoms with Crippen LogP contribution in [0.2, 0.25) is 0 Å². The van der Waals surface area contributed by atoms with E-state index in [-0.39, 0.29) is 24.2 Å². The van der Waals surface area contributed by atoms with Gasteiger partial charge in [0, 0.05) is 0 Å². The number of halogens is 2. The summed E-state index contributed by atoms with van der Waals surface area (Å²) >= 11 is 0.194. The van der Waals surface area contributed by atoms with Gasteiger partial charge in [-0.25, -0.2) is 0 Å². The number of hydrogen-bond acceptors (Lipinski definition) is 3. The summed E-state index contributed by atoms with van der Waals surface area (Å²) in [5.41, 5.74) is 1.65. The second-order valence-electron chi connectivity index (χ2n) is 6.95. The molecule has 1 aromatic rings. The van der Waals surface area contributed by atoms with Gasteiger partial charge in [0.1, 0.15) is 11.5 Å². The fourth-order valence-corrected chi connectivity index (χ4v) is 1.84. The molecule has 22 heavy (non-hydrogen) atoms. The molecule has 6 heteroatoms. The van der Waals surface area contributed by atoms with Gasteiger partial charge in [-0.05, 0) is 67.5 Å². The summed E-state index contributed by atoms with van der Waals surface area (Å²) in [6, 6.07) is 3.92. The molecule has 0 saturated carbocycles. The van der Waals surface area contributed by atoms with Crippen LogP contribution in [0.1, 0.15) is 66.9 Å². The zero-order valence-electron chi connectivity index (χ0n) is 14.6. The van der Waals surface area contributed by atoms with Crippen molar-refractivity contribution < 1.29 is 17.6 Å². The third-order valence-electron chi connectivity index (χ3n) is 2.33. The molecule has 0 N–H and O–H groups in total. The van der Waals surface area contributed by atoms with Gasteiger partial charge in [-0.15, -0.1) is 0 Å². The summed E-state index contributed by atoms with van der Waals surface area (Å²) in [6.45, 7) is 16.4. The Bertz CT molecular complexity index is 478. The van der Waals surface area contributed by atoms with E-state index in [9.17, 15) is 0 Å². The van der Waals surface area contributed by atoms with E-state index >= 15 is 0 Å². The van der Waals surface area contributed by atoms with Gasteiger partial charge < -0.3 is 4.42 Å². The first-order chi connectivity index (χ1) is 9.89. The van der Waals surface area contributed by atoms with E-state index in [0.29, 0.717) is 0 Å². The molecular weight excluding hydrogens is 363 g/mol. The molecule has 0 atom stereocenters. The van der Waals surface area contributed by atoms with Gasteiger partial charge in [-0.3, -0.25) is 9.98 Å². The molecule has 0 spiro atoms. The fourth-order valence-electron chi connectivity index (χ4n) is 1.84. The Morgan fingerprint density at radius 1 is 0.864 bits per heavy atom. The standard InChI is InChI=1S/C16H26N2O.2ClH.Fe/c1-11(17-15(3,4)5)13-9-10-14(19-13)12(2)18-16(6,7)8;;;/h9-10H,1-8H3;2*1H;/q;;;+2/p-2. The van der Waals surface area contributed by atoms with Crippen LogP contribution in [0.3, 0.4) is 0 Å². The van der Waals surface area contributed by atoms with Crippen LogP contribution in [0.25, 0.3) is 0 Å². The van der Waals surface area contributed by atoms with E-state index in [4.69, 9.17) is 24.6 Å². The Hall–Kier alpha value is -0.281. The number of furan rings is 1. The van der Waals surface area contributed by atoms with Crippen molar-refractivity contribution in [3.05, 3.63) is 23.7 Å². The van der Waals surface area contributed by atoms with Crippen molar-refractivity contribution in [2.45, 2.75) is 66.5 Å². The first kappa shape index (κ1) is 21.7. The van der Waals surface area contributed by atoms with Crippen molar-refractivity contribution in [1.29, 1.82) is 0 Å². The number of aliphatic imine (C=N–C) groups is 2. The van der Waals surface area contributed by atoms with E-state index in [1.165, 1.54) is 0 Å². The monoisotopic (exact) mass is 388 g/mol. The zero-order chi connectivity index (χ0) is 17.6. The topological polar surface area (TPSA) is 37.9 Å². The molecule has 0 bridgehead atoms. The number of nitrogens with zero attached hydrogens (tertiary/aromatic N) is 2. The molecular formula is C16H26Cl2FeN2O. The van der Waals surface area contributed by atoms with E-state index in [0.717, 1.165) is 22.9 Å². The Balaban J connectivity index is 0.00000135. The predicted molar refractivity (Wildman–Crippen MR) is 94.3 cm³/mol. The van der Waals surface area contributed by atoms with Gasteiger partial charge in [-0.1, -0.05) is 0 Å². The normalized spacial score (nSPS) is 13.9. The van der Waals surface area contributed by atoms with Crippen LogP contribution in [0.4, 0.5) is 0 Å². The fraction of sp³-hybridized carbons (Fsp3) is 0.625. The summed E-state index contributed by atoms with van der Waals surface area (Å²) in [4.78, 5) is 9.22. The third-order valence-corrected chi connectivity index (χ3v) is 2.33. The first-order valence-corrected chi connectivity index (χ1v) is 10.0. The SMILES string of the molecule is CC(=NC(C)(C)C)c1ccc(C(C)=NC(C)(C)C)o1.[Cl][Fe][Cl]. The van der Waals surface area contributed by atoms with Gasteiger partial charge in [0.2, 0.25) is 0 Å². The average Bonchev–Trinajstić information content (AvgIpc) is 2.74. The van der Waals surface area contributed by atoms with E-state index in [1.807, 2.05) is 26.0 Å². The van der Waals surface area contributed by atoms with Crippen molar-refractivity contribution in [2.24, 2.45) is 9.98 Å². The summed E-state index contributed by atoms with van der Waals surface area (Å²) in [5, 5.41) is 0. The Labute approximate surface area is 149 Å². The second kappa shape index (κ2) is 9.12. The van der Waals surface area contributed by atoms with Crippen LogP contribution in [-0.4, -0.2) is 22.5 Å². The molecule has 0 radical (unpaired) electrons. The number of hydrogen-bond donors (Lipinski definition) is 0. The van der Waals surface area contributed by atoms with Crippen LogP contribution in [0, 0.1) is 0 Å². The molecule has 0 aromatic carbocycles. The summed E-state index contributed by atoms with van der Waals surface area (Å²) in [7, 11) is 9.53. The summed E-state index contributed by atoms with van der Waals surface area (Å²) in [6.07, 6.45) is 0. The van der Waals surface area contributed by atoms with E-state index < -0.39 is 0 Å². The Morgan fingerprint density at radius 2 is 1.14 bits per heavy atom. The quantitative estimate of drug-likeness (QED) is 0.461. The van der Waals surface area contributed by atoms with Gasteiger partial charge in [0.15, 0.2) is 0 Å². The maximum absolute atomic E-state index is 5.84. The molecule has 1 heterocycles. The molecule has 128 valence electrons. The predicted octanol–water partition coefficient (Wildman–Crippen LogP) is 5.87. The minimum atomic E-state index is -0.0917. The van der Waals surface area contributed by atoms with Crippen molar-refractivity contribution >= 4 is 31.6 Å². The van der Waals surface area contributed by atoms with Crippen LogP contribution in [0.15, 0.2) is 26.5 Å². The second-order valence-corrected chi connectivity index (χ2v) is 8.77. The van der Waals surface area contributed by atoms with Crippen LogP contribution >= 0.6 is 20.2 Å². The van der Waals surface area contributed by atoms with Crippen LogP contribution < -0.4 is 0 Å². The van der Waals surface area contributed by atoms with E-state index in [2.05, 4.69) is 51.5 Å². The molecule has 0 aliphatic rings. The summed E-state index contributed by atoms with van der Waals surface area (Å²) in [5.74, 6) is 1.63. The van der Waals surface area contributed by atoms with Gasteiger partial charge in [0.25, 0.3) is 0 Å². The molecule has 0 aliphatic heterocycles. The van der Waals surface area contributed by atoms with Crippen LogP contribution in [0.5, 0.6) is 0 Å². The first-order valence-electron chi connectivity index (χ1n) is 6.98. The molecule has 3 nitrogen and oxygen atoms in total. The van der Waals surface area contributed by atoms with Gasteiger partial charge in [-0.2, -0.15) is 0 Å². The minimum absolute atomic E-state index is 0.0917. The average molecular weight is 389 g/mol. The van der Waals surface area contributed by atoms with Crippen molar-refractivity contribution in [1.82, 2.24) is 0 Å². The molecule has 0 fully saturated rings. The molecule has 0 saturated heterocycles. The molecule has 0 amide bonds. The maximum atomic E-state index is 5.84. The molecule has 1 rings (SSSR count). The van der Waals surface area contributed by atoms with Crippen molar-refractivity contribution in [3.63, 3.8) is 0 Å².